The van der Waals surface area contributed by atoms with E-state index in [0.29, 0.717) is 17.4 Å². The molecule has 0 fully saturated rings. The summed E-state index contributed by atoms with van der Waals surface area (Å²) < 4.78 is 34.7. The molecule has 84 heavy (non-hydrogen) atoms. The average Bonchev–Trinajstić information content (AvgIpc) is 3.61. The van der Waals surface area contributed by atoms with Crippen molar-refractivity contribution in [3.63, 3.8) is 0 Å². The molecule has 0 rings (SSSR count). The summed E-state index contributed by atoms with van der Waals surface area (Å²) in [6.07, 6.45) is 93.6. The Bertz CT molecular complexity index is 1930. The van der Waals surface area contributed by atoms with Gasteiger partial charge in [0, 0.05) is 12.8 Å². The second-order valence-corrected chi connectivity index (χ2v) is 24.5. The summed E-state index contributed by atoms with van der Waals surface area (Å²) in [6.45, 7) is 4.19. The second-order valence-electron chi connectivity index (χ2n) is 23.1. The molecule has 0 spiro atoms. The molecule has 0 heterocycles. The number of hydrogen-bond acceptors (Lipinski definition) is 7. The first-order valence-electron chi connectivity index (χ1n) is 33.6. The van der Waals surface area contributed by atoms with Crippen LogP contribution in [0.2, 0.25) is 0 Å². The van der Waals surface area contributed by atoms with Crippen molar-refractivity contribution in [2.24, 2.45) is 0 Å². The minimum Gasteiger partial charge on any atom is -0.462 e. The molecule has 9 nitrogen and oxygen atoms in total. The summed E-state index contributed by atoms with van der Waals surface area (Å²) in [7, 11) is 1.46. The monoisotopic (exact) mass is 1190 g/mol. The van der Waals surface area contributed by atoms with Crippen LogP contribution < -0.4 is 0 Å². The summed E-state index contributed by atoms with van der Waals surface area (Å²) in [5.74, 6) is -0.812. The quantitative estimate of drug-likeness (QED) is 0.0211. The van der Waals surface area contributed by atoms with Gasteiger partial charge in [-0.15, -0.1) is 0 Å². The number of rotatable bonds is 60. The lowest BCUT2D eigenvalue weighted by Crippen LogP contribution is -2.37. The molecule has 0 amide bonds. The number of allylic oxidation sites excluding steroid dienone is 24. The van der Waals surface area contributed by atoms with Crippen LogP contribution in [0.25, 0.3) is 0 Å². The molecule has 0 saturated heterocycles. The molecule has 0 aromatic heterocycles. The van der Waals surface area contributed by atoms with Crippen LogP contribution in [0.15, 0.2) is 146 Å². The van der Waals surface area contributed by atoms with Gasteiger partial charge < -0.3 is 18.9 Å². The Labute approximate surface area is 516 Å². The fourth-order valence-electron chi connectivity index (χ4n) is 8.79. The van der Waals surface area contributed by atoms with Crippen LogP contribution in [0.4, 0.5) is 0 Å². The molecule has 2 atom stereocenters. The smallest absolute Gasteiger partial charge is 0.462 e. The van der Waals surface area contributed by atoms with E-state index in [9.17, 15) is 19.0 Å². The maximum Gasteiger partial charge on any atom is 0.472 e. The fraction of sp³-hybridized carbons (Fsp3) is 0.649. The molecule has 1 N–H and O–H groups in total. The molecule has 0 radical (unpaired) electrons. The molecule has 478 valence electrons. The largest absolute Gasteiger partial charge is 0.472 e. The molecular formula is C74H125NO8P+. The third-order valence-corrected chi connectivity index (χ3v) is 14.8. The Hall–Kier alpha value is -4.11. The van der Waals surface area contributed by atoms with Gasteiger partial charge >= 0.3 is 19.8 Å². The highest BCUT2D eigenvalue weighted by molar-refractivity contribution is 7.47. The predicted molar refractivity (Wildman–Crippen MR) is 362 cm³/mol. The van der Waals surface area contributed by atoms with E-state index in [1.807, 2.05) is 21.1 Å². The van der Waals surface area contributed by atoms with Gasteiger partial charge in [-0.2, -0.15) is 0 Å². The first-order chi connectivity index (χ1) is 41.0. The summed E-state index contributed by atoms with van der Waals surface area (Å²) in [5.41, 5.74) is 0. The van der Waals surface area contributed by atoms with E-state index in [1.165, 1.54) is 96.3 Å². The van der Waals surface area contributed by atoms with E-state index < -0.39 is 26.5 Å². The molecular weight excluding hydrogens is 1060 g/mol. The Balaban J connectivity index is 4.13. The lowest BCUT2D eigenvalue weighted by Gasteiger charge is -2.24. The number of carbonyl (C=O) groups is 2. The van der Waals surface area contributed by atoms with Crippen molar-refractivity contribution < 1.29 is 42.1 Å². The number of likely N-dealkylation sites (N-methyl/N-ethyl adjacent to an activating group) is 1. The molecule has 2 unspecified atom stereocenters. The van der Waals surface area contributed by atoms with Crippen molar-refractivity contribution in [1.29, 1.82) is 0 Å². The number of esters is 2. The fourth-order valence-corrected chi connectivity index (χ4v) is 9.53. The van der Waals surface area contributed by atoms with E-state index >= 15 is 0 Å². The maximum atomic E-state index is 12.9. The summed E-state index contributed by atoms with van der Waals surface area (Å²) in [5, 5.41) is 0. The van der Waals surface area contributed by atoms with E-state index in [2.05, 4.69) is 160 Å². The number of carbonyl (C=O) groups excluding carboxylic acids is 2. The Kier molecular flexibility index (Phi) is 60.3. The number of ether oxygens (including phenoxy) is 2. The highest BCUT2D eigenvalue weighted by Gasteiger charge is 2.27. The van der Waals surface area contributed by atoms with Gasteiger partial charge in [0.15, 0.2) is 6.10 Å². The summed E-state index contributed by atoms with van der Waals surface area (Å²) >= 11 is 0. The van der Waals surface area contributed by atoms with Gasteiger partial charge in [0.25, 0.3) is 0 Å². The van der Waals surface area contributed by atoms with Gasteiger partial charge in [-0.05, 0) is 116 Å². The zero-order chi connectivity index (χ0) is 61.2. The lowest BCUT2D eigenvalue weighted by atomic mass is 10.0. The minimum absolute atomic E-state index is 0.0233. The molecule has 10 heteroatoms. The van der Waals surface area contributed by atoms with Gasteiger partial charge in [-0.1, -0.05) is 275 Å². The van der Waals surface area contributed by atoms with Crippen LogP contribution in [-0.2, 0) is 32.7 Å². The van der Waals surface area contributed by atoms with Crippen molar-refractivity contribution in [2.45, 2.75) is 264 Å². The van der Waals surface area contributed by atoms with E-state index in [4.69, 9.17) is 18.5 Å². The standard InChI is InChI=1S/C74H124NO8P/c1-6-8-10-12-14-16-18-20-22-24-26-28-30-32-34-35-36-37-38-39-41-43-45-47-49-51-53-55-57-59-61-63-65-67-74(77)83-72(71-82-84(78,79)81-69-68-75(3,4)5)70-80-73(76)66-64-62-60-58-56-54-52-50-48-46-44-42-40-33-31-29-27-25-23-21-19-17-15-13-11-9-7-2/h8-11,14-17,20-23,26-29,32-34,36-37,40,44,46,72H,6-7,12-13,18-19,24-25,30-31,35,38-39,41-43,45,47-71H2,1-5H3/p+1/b10-8-,11-9-,16-14-,17-15-,22-20-,23-21-,28-26-,29-27-,34-32-,37-36-,40-33-,46-44-. The van der Waals surface area contributed by atoms with E-state index in [-0.39, 0.29) is 32.0 Å². The van der Waals surface area contributed by atoms with Crippen LogP contribution in [-0.4, -0.2) is 74.9 Å². The van der Waals surface area contributed by atoms with Crippen molar-refractivity contribution in [2.75, 3.05) is 47.5 Å². The Morgan fingerprint density at radius 3 is 0.952 bits per heavy atom. The van der Waals surface area contributed by atoms with Crippen molar-refractivity contribution in [3.05, 3.63) is 146 Å². The van der Waals surface area contributed by atoms with Gasteiger partial charge in [0.1, 0.15) is 19.8 Å². The average molecular weight is 1190 g/mol. The second kappa shape index (κ2) is 63.4. The SMILES string of the molecule is CC/C=C\C/C=C\C/C=C\C/C=C\C/C=C\C/C=C\CCCCCCCCCCCCCCCCC(=O)OC(COC(=O)CCCCCCCCCC/C=C\C/C=C\C/C=C\C/C=C\C/C=C\C/C=C\CC)COP(=O)(O)OCC[N+](C)(C)C. The van der Waals surface area contributed by atoms with Crippen molar-refractivity contribution in [3.8, 4) is 0 Å². The molecule has 0 aromatic carbocycles. The zero-order valence-corrected chi connectivity index (χ0v) is 55.2. The third kappa shape index (κ3) is 67.0. The number of unbranched alkanes of at least 4 members (excludes halogenated alkanes) is 22. The van der Waals surface area contributed by atoms with Crippen molar-refractivity contribution >= 4 is 19.8 Å². The summed E-state index contributed by atoms with van der Waals surface area (Å²) in [4.78, 5) is 35.9. The highest BCUT2D eigenvalue weighted by Crippen LogP contribution is 2.43. The lowest BCUT2D eigenvalue weighted by molar-refractivity contribution is -0.870. The molecule has 0 aliphatic rings. The Morgan fingerprint density at radius 1 is 0.369 bits per heavy atom. The number of phosphoric ester groups is 1. The number of hydrogen-bond donors (Lipinski definition) is 1. The maximum absolute atomic E-state index is 12.9. The van der Waals surface area contributed by atoms with Crippen LogP contribution in [0.1, 0.15) is 258 Å². The minimum atomic E-state index is -4.40. The van der Waals surface area contributed by atoms with E-state index in [1.54, 1.807) is 0 Å². The number of quaternary nitrogens is 1. The van der Waals surface area contributed by atoms with Crippen LogP contribution in [0, 0.1) is 0 Å². The zero-order valence-electron chi connectivity index (χ0n) is 54.3. The highest BCUT2D eigenvalue weighted by atomic mass is 31.2. The summed E-state index contributed by atoms with van der Waals surface area (Å²) in [6, 6.07) is 0. The first-order valence-corrected chi connectivity index (χ1v) is 35.1. The van der Waals surface area contributed by atoms with Crippen molar-refractivity contribution in [1.82, 2.24) is 0 Å². The predicted octanol–water partition coefficient (Wildman–Crippen LogP) is 21.8. The number of phosphoric acid groups is 1. The van der Waals surface area contributed by atoms with Crippen LogP contribution in [0.3, 0.4) is 0 Å². The van der Waals surface area contributed by atoms with Gasteiger partial charge in [0.2, 0.25) is 0 Å². The van der Waals surface area contributed by atoms with Crippen LogP contribution in [0.5, 0.6) is 0 Å². The third-order valence-electron chi connectivity index (χ3n) is 13.9. The van der Waals surface area contributed by atoms with Gasteiger partial charge in [-0.3, -0.25) is 18.6 Å². The van der Waals surface area contributed by atoms with Gasteiger partial charge in [-0.25, -0.2) is 4.57 Å². The molecule has 0 aromatic rings. The topological polar surface area (TPSA) is 108 Å². The molecule has 0 saturated carbocycles. The number of nitrogens with zero attached hydrogens (tertiary/aromatic N) is 1. The normalized spacial score (nSPS) is 14.1. The molecule has 0 aliphatic heterocycles. The van der Waals surface area contributed by atoms with Gasteiger partial charge in [0.05, 0.1) is 27.7 Å². The first kappa shape index (κ1) is 79.9. The molecule has 0 aliphatic carbocycles. The van der Waals surface area contributed by atoms with Crippen LogP contribution >= 0.6 is 7.82 Å². The van der Waals surface area contributed by atoms with E-state index in [0.717, 1.165) is 128 Å². The Morgan fingerprint density at radius 2 is 0.643 bits per heavy atom. The molecule has 0 bridgehead atoms.